The molecule has 0 amide bonds. The highest BCUT2D eigenvalue weighted by atomic mass is 127. The number of halogens is 2. The maximum absolute atomic E-state index is 5.94. The summed E-state index contributed by atoms with van der Waals surface area (Å²) in [4.78, 5) is 0. The summed E-state index contributed by atoms with van der Waals surface area (Å²) in [6, 6.07) is 6.46. The van der Waals surface area contributed by atoms with Gasteiger partial charge < -0.3 is 5.32 Å². The second kappa shape index (κ2) is 6.28. The molecule has 1 N–H and O–H groups in total. The summed E-state index contributed by atoms with van der Waals surface area (Å²) in [6.07, 6.45) is 2.41. The molecule has 1 aromatic rings. The monoisotopic (exact) mass is 365 g/mol. The van der Waals surface area contributed by atoms with E-state index in [9.17, 15) is 0 Å². The van der Waals surface area contributed by atoms with Gasteiger partial charge in [-0.2, -0.15) is 0 Å². The molecule has 1 unspecified atom stereocenters. The Labute approximate surface area is 123 Å². The molecule has 0 aliphatic heterocycles. The summed E-state index contributed by atoms with van der Waals surface area (Å²) >= 11 is 8.26. The molecule has 0 aromatic heterocycles. The van der Waals surface area contributed by atoms with E-state index < -0.39 is 0 Å². The normalized spacial score (nSPS) is 13.5. The van der Waals surface area contributed by atoms with E-state index in [1.165, 1.54) is 22.1 Å². The number of rotatable bonds is 4. The number of nitrogens with one attached hydrogen (secondary N) is 1. The van der Waals surface area contributed by atoms with Gasteiger partial charge >= 0.3 is 0 Å². The van der Waals surface area contributed by atoms with Crippen molar-refractivity contribution in [3.8, 4) is 0 Å². The Morgan fingerprint density at radius 1 is 1.35 bits per heavy atom. The van der Waals surface area contributed by atoms with Crippen molar-refractivity contribution in [3.63, 3.8) is 0 Å². The molecule has 0 fully saturated rings. The van der Waals surface area contributed by atoms with Gasteiger partial charge in [0, 0.05) is 20.3 Å². The van der Waals surface area contributed by atoms with E-state index in [4.69, 9.17) is 11.6 Å². The van der Waals surface area contributed by atoms with Gasteiger partial charge in [0.1, 0.15) is 0 Å². The van der Waals surface area contributed by atoms with Crippen molar-refractivity contribution in [2.75, 3.05) is 5.32 Å². The van der Waals surface area contributed by atoms with Gasteiger partial charge in [0.15, 0.2) is 0 Å². The Bertz CT molecular complexity index is 371. The van der Waals surface area contributed by atoms with Crippen LogP contribution in [0.25, 0.3) is 0 Å². The van der Waals surface area contributed by atoms with Crippen LogP contribution in [0, 0.1) is 8.99 Å². The molecule has 0 aliphatic carbocycles. The summed E-state index contributed by atoms with van der Waals surface area (Å²) in [5, 5.41) is 4.34. The fraction of sp³-hybridized carbons (Fsp3) is 0.571. The lowest BCUT2D eigenvalue weighted by molar-refractivity contribution is 0.357. The molecule has 1 atom stereocenters. The lowest BCUT2D eigenvalue weighted by Crippen LogP contribution is -2.18. The van der Waals surface area contributed by atoms with Crippen molar-refractivity contribution < 1.29 is 0 Å². The van der Waals surface area contributed by atoms with Crippen molar-refractivity contribution in [2.24, 2.45) is 5.41 Å². The fourth-order valence-electron chi connectivity index (χ4n) is 1.59. The summed E-state index contributed by atoms with van der Waals surface area (Å²) in [6.45, 7) is 9.08. The third-order valence-corrected chi connectivity index (χ3v) is 3.79. The largest absolute Gasteiger partial charge is 0.382 e. The number of anilines is 1. The highest BCUT2D eigenvalue weighted by Crippen LogP contribution is 2.25. The summed E-state index contributed by atoms with van der Waals surface area (Å²) < 4.78 is 1.18. The molecule has 0 spiro atoms. The molecule has 0 bridgehead atoms. The van der Waals surface area contributed by atoms with Gasteiger partial charge in [-0.3, -0.25) is 0 Å². The van der Waals surface area contributed by atoms with Crippen LogP contribution in [-0.2, 0) is 0 Å². The molecule has 0 saturated heterocycles. The third kappa shape index (κ3) is 5.96. The number of hydrogen-bond acceptors (Lipinski definition) is 1. The molecule has 17 heavy (non-hydrogen) atoms. The first-order chi connectivity index (χ1) is 7.78. The maximum Gasteiger partial charge on any atom is 0.0478 e. The smallest absolute Gasteiger partial charge is 0.0478 e. The van der Waals surface area contributed by atoms with Crippen molar-refractivity contribution in [1.29, 1.82) is 0 Å². The first-order valence-corrected chi connectivity index (χ1v) is 7.45. The van der Waals surface area contributed by atoms with Crippen LogP contribution < -0.4 is 5.32 Å². The number of hydrogen-bond donors (Lipinski definition) is 1. The zero-order chi connectivity index (χ0) is 13.1. The van der Waals surface area contributed by atoms with Gasteiger partial charge in [0.2, 0.25) is 0 Å². The van der Waals surface area contributed by atoms with Crippen LogP contribution in [0.2, 0.25) is 5.02 Å². The van der Waals surface area contributed by atoms with Gasteiger partial charge in [-0.25, -0.2) is 0 Å². The Hall–Kier alpha value is 0.0400. The first kappa shape index (κ1) is 15.1. The van der Waals surface area contributed by atoms with E-state index in [1.807, 2.05) is 12.1 Å². The van der Waals surface area contributed by atoms with Crippen LogP contribution in [-0.4, -0.2) is 6.04 Å². The summed E-state index contributed by atoms with van der Waals surface area (Å²) in [7, 11) is 0. The molecule has 3 heteroatoms. The molecule has 1 aromatic carbocycles. The lowest BCUT2D eigenvalue weighted by Gasteiger charge is -2.22. The van der Waals surface area contributed by atoms with Crippen LogP contribution in [0.1, 0.15) is 40.5 Å². The van der Waals surface area contributed by atoms with E-state index in [0.29, 0.717) is 11.5 Å². The molecule has 0 radical (unpaired) electrons. The second-order valence-corrected chi connectivity index (χ2v) is 7.37. The SMILES string of the molecule is CC(CCC(C)(C)C)Nc1ccc(Cl)cc1I. The van der Waals surface area contributed by atoms with Crippen LogP contribution in [0.5, 0.6) is 0 Å². The minimum atomic E-state index is 0.406. The predicted molar refractivity (Wildman–Crippen MR) is 85.9 cm³/mol. The van der Waals surface area contributed by atoms with E-state index in [2.05, 4.69) is 61.7 Å². The zero-order valence-corrected chi connectivity index (χ0v) is 13.9. The van der Waals surface area contributed by atoms with Crippen LogP contribution in [0.15, 0.2) is 18.2 Å². The average Bonchev–Trinajstić information content (AvgIpc) is 2.18. The van der Waals surface area contributed by atoms with Crippen molar-refractivity contribution in [2.45, 2.75) is 46.6 Å². The molecular weight excluding hydrogens is 345 g/mol. The molecule has 0 saturated carbocycles. The first-order valence-electron chi connectivity index (χ1n) is 5.99. The Morgan fingerprint density at radius 2 is 2.00 bits per heavy atom. The van der Waals surface area contributed by atoms with Crippen LogP contribution in [0.4, 0.5) is 5.69 Å². The standard InChI is InChI=1S/C14H21ClIN/c1-10(7-8-14(2,3)4)17-13-6-5-11(15)9-12(13)16/h5-6,9-10,17H,7-8H2,1-4H3. The Morgan fingerprint density at radius 3 is 2.53 bits per heavy atom. The van der Waals surface area contributed by atoms with E-state index in [-0.39, 0.29) is 0 Å². The highest BCUT2D eigenvalue weighted by molar-refractivity contribution is 14.1. The quantitative estimate of drug-likeness (QED) is 0.688. The van der Waals surface area contributed by atoms with Crippen LogP contribution in [0.3, 0.4) is 0 Å². The highest BCUT2D eigenvalue weighted by Gasteiger charge is 2.13. The molecule has 96 valence electrons. The van der Waals surface area contributed by atoms with Gasteiger partial charge in [-0.05, 0) is 66.0 Å². The molecule has 1 nitrogen and oxygen atoms in total. The molecule has 1 rings (SSSR count). The van der Waals surface area contributed by atoms with Gasteiger partial charge in [-0.15, -0.1) is 0 Å². The second-order valence-electron chi connectivity index (χ2n) is 5.77. The van der Waals surface area contributed by atoms with Crippen molar-refractivity contribution in [1.82, 2.24) is 0 Å². The van der Waals surface area contributed by atoms with E-state index >= 15 is 0 Å². The zero-order valence-electron chi connectivity index (χ0n) is 11.0. The van der Waals surface area contributed by atoms with Crippen molar-refractivity contribution >= 4 is 39.9 Å². The maximum atomic E-state index is 5.94. The Balaban J connectivity index is 2.53. The van der Waals surface area contributed by atoms with Crippen molar-refractivity contribution in [3.05, 3.63) is 26.8 Å². The molecule has 0 aliphatic rings. The molecular formula is C14H21ClIN. The average molecular weight is 366 g/mol. The fourth-order valence-corrected chi connectivity index (χ4v) is 2.62. The summed E-state index contributed by atoms with van der Waals surface area (Å²) in [5.74, 6) is 0. The summed E-state index contributed by atoms with van der Waals surface area (Å²) in [5.41, 5.74) is 1.58. The molecule has 0 heterocycles. The van der Waals surface area contributed by atoms with E-state index in [0.717, 1.165) is 5.02 Å². The lowest BCUT2D eigenvalue weighted by atomic mass is 9.89. The Kier molecular flexibility index (Phi) is 5.58. The van der Waals surface area contributed by atoms with Gasteiger partial charge in [-0.1, -0.05) is 32.4 Å². The minimum Gasteiger partial charge on any atom is -0.382 e. The number of benzene rings is 1. The van der Waals surface area contributed by atoms with Gasteiger partial charge in [0.05, 0.1) is 0 Å². The predicted octanol–water partition coefficient (Wildman–Crippen LogP) is 5.57. The topological polar surface area (TPSA) is 12.0 Å². The van der Waals surface area contributed by atoms with Crippen LogP contribution >= 0.6 is 34.2 Å². The third-order valence-electron chi connectivity index (χ3n) is 2.66. The van der Waals surface area contributed by atoms with Gasteiger partial charge in [0.25, 0.3) is 0 Å². The van der Waals surface area contributed by atoms with E-state index in [1.54, 1.807) is 0 Å². The minimum absolute atomic E-state index is 0.406.